The van der Waals surface area contributed by atoms with Gasteiger partial charge in [-0.05, 0) is 39.4 Å². The first-order valence-corrected chi connectivity index (χ1v) is 9.75. The van der Waals surface area contributed by atoms with Crippen LogP contribution in [0.5, 0.6) is 0 Å². The Kier molecular flexibility index (Phi) is 6.64. The van der Waals surface area contributed by atoms with Crippen LogP contribution in [-0.2, 0) is 9.84 Å². The Labute approximate surface area is 127 Å². The van der Waals surface area contributed by atoms with Crippen molar-refractivity contribution in [2.24, 2.45) is 4.99 Å². The van der Waals surface area contributed by atoms with Gasteiger partial charge < -0.3 is 10.6 Å². The predicted octanol–water partition coefficient (Wildman–Crippen LogP) is 1.26. The summed E-state index contributed by atoms with van der Waals surface area (Å²) in [5, 5.41) is 6.98. The highest BCUT2D eigenvalue weighted by atomic mass is 32.2. The first kappa shape index (κ1) is 17.6. The first-order valence-electron chi connectivity index (χ1n) is 7.04. The van der Waals surface area contributed by atoms with Gasteiger partial charge in [0.1, 0.15) is 0 Å². The Morgan fingerprint density at radius 1 is 1.35 bits per heavy atom. The molecule has 1 aliphatic heterocycles. The van der Waals surface area contributed by atoms with Gasteiger partial charge in [0.15, 0.2) is 15.8 Å². The van der Waals surface area contributed by atoms with Crippen LogP contribution < -0.4 is 10.6 Å². The molecule has 0 aromatic heterocycles. The minimum Gasteiger partial charge on any atom is -0.355 e. The molecule has 1 fully saturated rings. The van der Waals surface area contributed by atoms with E-state index in [0.717, 1.165) is 6.54 Å². The van der Waals surface area contributed by atoms with Crippen LogP contribution in [-0.4, -0.2) is 56.0 Å². The summed E-state index contributed by atoms with van der Waals surface area (Å²) in [6.07, 6.45) is 2.53. The van der Waals surface area contributed by atoms with Gasteiger partial charge in [0.2, 0.25) is 0 Å². The molecule has 0 bridgehead atoms. The fourth-order valence-corrected chi connectivity index (χ4v) is 4.03. The molecule has 0 aromatic rings. The standard InChI is InChI=1S/C13H27N3O2S2/c1-13(2,3)20(17,18)9-7-15-12(14-4)16-10-11-6-5-8-19-11/h11H,5-10H2,1-4H3,(H2,14,15,16). The molecule has 1 saturated heterocycles. The number of nitrogens with zero attached hydrogens (tertiary/aromatic N) is 1. The number of sulfone groups is 1. The van der Waals surface area contributed by atoms with Crippen molar-refractivity contribution in [2.75, 3.05) is 31.6 Å². The Hall–Kier alpha value is -0.430. The maximum absolute atomic E-state index is 12.0. The molecule has 0 aromatic carbocycles. The number of nitrogens with one attached hydrogen (secondary N) is 2. The van der Waals surface area contributed by atoms with Gasteiger partial charge in [-0.15, -0.1) is 0 Å². The van der Waals surface area contributed by atoms with Gasteiger partial charge in [0.25, 0.3) is 0 Å². The third kappa shape index (κ3) is 5.52. The van der Waals surface area contributed by atoms with E-state index in [1.807, 2.05) is 11.8 Å². The van der Waals surface area contributed by atoms with Crippen molar-refractivity contribution >= 4 is 27.6 Å². The number of thioether (sulfide) groups is 1. The second-order valence-corrected chi connectivity index (χ2v) is 10.2. The molecule has 0 spiro atoms. The summed E-state index contributed by atoms with van der Waals surface area (Å²) >= 11 is 1.99. The van der Waals surface area contributed by atoms with Gasteiger partial charge in [-0.25, -0.2) is 8.42 Å². The summed E-state index contributed by atoms with van der Waals surface area (Å²) in [6.45, 7) is 6.46. The molecule has 1 aliphatic rings. The number of hydrogen-bond donors (Lipinski definition) is 2. The monoisotopic (exact) mass is 321 g/mol. The second-order valence-electron chi connectivity index (χ2n) is 5.95. The van der Waals surface area contributed by atoms with Crippen LogP contribution in [0.4, 0.5) is 0 Å². The molecule has 5 nitrogen and oxygen atoms in total. The smallest absolute Gasteiger partial charge is 0.191 e. The van der Waals surface area contributed by atoms with E-state index < -0.39 is 14.6 Å². The SMILES string of the molecule is CN=C(NCCS(=O)(=O)C(C)(C)C)NCC1CCCS1. The Morgan fingerprint density at radius 3 is 2.55 bits per heavy atom. The topological polar surface area (TPSA) is 70.6 Å². The third-order valence-corrected chi connectivity index (χ3v) is 7.35. The Bertz CT molecular complexity index is 421. The minimum absolute atomic E-state index is 0.120. The summed E-state index contributed by atoms with van der Waals surface area (Å²) in [5.41, 5.74) is 0. The van der Waals surface area contributed by atoms with Crippen molar-refractivity contribution in [2.45, 2.75) is 43.6 Å². The molecule has 1 rings (SSSR count). The molecular formula is C13H27N3O2S2. The number of rotatable bonds is 5. The van der Waals surface area contributed by atoms with E-state index in [4.69, 9.17) is 0 Å². The fourth-order valence-electron chi connectivity index (χ4n) is 1.85. The van der Waals surface area contributed by atoms with Crippen LogP contribution in [0.2, 0.25) is 0 Å². The molecule has 0 aliphatic carbocycles. The third-order valence-electron chi connectivity index (χ3n) is 3.34. The van der Waals surface area contributed by atoms with Crippen LogP contribution in [0.1, 0.15) is 33.6 Å². The zero-order chi connectivity index (χ0) is 15.2. The van der Waals surface area contributed by atoms with Crippen molar-refractivity contribution in [1.82, 2.24) is 10.6 Å². The molecule has 1 unspecified atom stereocenters. The molecule has 2 N–H and O–H groups in total. The van der Waals surface area contributed by atoms with Crippen LogP contribution in [0, 0.1) is 0 Å². The minimum atomic E-state index is -3.08. The Morgan fingerprint density at radius 2 is 2.05 bits per heavy atom. The highest BCUT2D eigenvalue weighted by Crippen LogP contribution is 2.25. The van der Waals surface area contributed by atoms with E-state index in [2.05, 4.69) is 15.6 Å². The second kappa shape index (κ2) is 7.54. The van der Waals surface area contributed by atoms with Gasteiger partial charge >= 0.3 is 0 Å². The van der Waals surface area contributed by atoms with Crippen molar-refractivity contribution in [3.05, 3.63) is 0 Å². The van der Waals surface area contributed by atoms with Gasteiger partial charge in [0.05, 0.1) is 10.5 Å². The van der Waals surface area contributed by atoms with Crippen molar-refractivity contribution in [1.29, 1.82) is 0 Å². The summed E-state index contributed by atoms with van der Waals surface area (Å²) in [7, 11) is -1.38. The summed E-state index contributed by atoms with van der Waals surface area (Å²) in [4.78, 5) is 4.12. The van der Waals surface area contributed by atoms with Gasteiger partial charge in [0, 0.05) is 25.4 Å². The van der Waals surface area contributed by atoms with Crippen LogP contribution in [0.25, 0.3) is 0 Å². The van der Waals surface area contributed by atoms with E-state index in [0.29, 0.717) is 17.8 Å². The van der Waals surface area contributed by atoms with Crippen molar-refractivity contribution in [3.63, 3.8) is 0 Å². The van der Waals surface area contributed by atoms with Crippen LogP contribution in [0.15, 0.2) is 4.99 Å². The van der Waals surface area contributed by atoms with Crippen molar-refractivity contribution < 1.29 is 8.42 Å². The average molecular weight is 322 g/mol. The average Bonchev–Trinajstić information content (AvgIpc) is 2.85. The number of aliphatic imine (C=N–C) groups is 1. The largest absolute Gasteiger partial charge is 0.355 e. The van der Waals surface area contributed by atoms with E-state index in [9.17, 15) is 8.42 Å². The molecule has 0 saturated carbocycles. The van der Waals surface area contributed by atoms with Gasteiger partial charge in [-0.1, -0.05) is 0 Å². The molecule has 7 heteroatoms. The molecule has 20 heavy (non-hydrogen) atoms. The molecule has 1 heterocycles. The lowest BCUT2D eigenvalue weighted by molar-refractivity contribution is 0.559. The predicted molar refractivity (Wildman–Crippen MR) is 88.4 cm³/mol. The van der Waals surface area contributed by atoms with E-state index in [1.165, 1.54) is 18.6 Å². The normalized spacial score (nSPS) is 21.0. The molecule has 1 atom stereocenters. The highest BCUT2D eigenvalue weighted by molar-refractivity contribution is 8.00. The maximum atomic E-state index is 12.0. The summed E-state index contributed by atoms with van der Waals surface area (Å²) in [6, 6.07) is 0. The van der Waals surface area contributed by atoms with Gasteiger partial charge in [-0.2, -0.15) is 11.8 Å². The summed E-state index contributed by atoms with van der Waals surface area (Å²) in [5.74, 6) is 2.04. The lowest BCUT2D eigenvalue weighted by Gasteiger charge is -2.20. The number of hydrogen-bond acceptors (Lipinski definition) is 4. The zero-order valence-electron chi connectivity index (χ0n) is 12.9. The summed E-state index contributed by atoms with van der Waals surface area (Å²) < 4.78 is 23.3. The number of guanidine groups is 1. The first-order chi connectivity index (χ1) is 9.26. The fraction of sp³-hybridized carbons (Fsp3) is 0.923. The van der Waals surface area contributed by atoms with E-state index in [1.54, 1.807) is 27.8 Å². The maximum Gasteiger partial charge on any atom is 0.191 e. The quantitative estimate of drug-likeness (QED) is 0.589. The zero-order valence-corrected chi connectivity index (χ0v) is 14.5. The molecule has 118 valence electrons. The molecule has 0 amide bonds. The van der Waals surface area contributed by atoms with E-state index >= 15 is 0 Å². The lowest BCUT2D eigenvalue weighted by atomic mass is 10.2. The van der Waals surface area contributed by atoms with Crippen LogP contribution in [0.3, 0.4) is 0 Å². The Balaban J connectivity index is 2.31. The molecular weight excluding hydrogens is 294 g/mol. The van der Waals surface area contributed by atoms with Crippen LogP contribution >= 0.6 is 11.8 Å². The van der Waals surface area contributed by atoms with Crippen molar-refractivity contribution in [3.8, 4) is 0 Å². The highest BCUT2D eigenvalue weighted by Gasteiger charge is 2.28. The van der Waals surface area contributed by atoms with E-state index in [-0.39, 0.29) is 5.75 Å². The lowest BCUT2D eigenvalue weighted by Crippen LogP contribution is -2.43. The molecule has 0 radical (unpaired) electrons. The van der Waals surface area contributed by atoms with Gasteiger partial charge in [-0.3, -0.25) is 4.99 Å².